The van der Waals surface area contributed by atoms with E-state index in [1.165, 1.54) is 0 Å². The maximum atomic E-state index is 5.41. The van der Waals surface area contributed by atoms with E-state index in [1.807, 2.05) is 72.8 Å². The van der Waals surface area contributed by atoms with Crippen LogP contribution in [0.5, 0.6) is 0 Å². The molecule has 0 N–H and O–H groups in total. The van der Waals surface area contributed by atoms with Crippen molar-refractivity contribution in [2.45, 2.75) is 0 Å². The second-order valence-electron chi connectivity index (χ2n) is 15.7. The van der Waals surface area contributed by atoms with E-state index in [2.05, 4.69) is 150 Å². The van der Waals surface area contributed by atoms with Gasteiger partial charge in [-0.1, -0.05) is 188 Å². The van der Waals surface area contributed by atoms with Crippen molar-refractivity contribution in [1.82, 2.24) is 29.3 Å². The van der Waals surface area contributed by atoms with Gasteiger partial charge in [0.2, 0.25) is 0 Å². The molecule has 0 atom stereocenters. The number of aromatic nitrogens is 6. The molecule has 0 saturated heterocycles. The first-order valence-corrected chi connectivity index (χ1v) is 21.1. The van der Waals surface area contributed by atoms with Crippen molar-refractivity contribution in [2.75, 3.05) is 0 Å². The Bertz CT molecular complexity index is 3530. The fourth-order valence-corrected chi connectivity index (χ4v) is 8.85. The molecule has 8 aromatic carbocycles. The first kappa shape index (κ1) is 36.3. The van der Waals surface area contributed by atoms with Crippen molar-refractivity contribution < 1.29 is 0 Å². The Kier molecular flexibility index (Phi) is 8.71. The highest BCUT2D eigenvalue weighted by atomic mass is 15.0. The highest BCUT2D eigenvalue weighted by Gasteiger charge is 2.24. The Morgan fingerprint density at radius 3 is 1.27 bits per heavy atom. The van der Waals surface area contributed by atoms with Crippen LogP contribution in [0.4, 0.5) is 0 Å². The van der Waals surface area contributed by atoms with E-state index in [9.17, 15) is 0 Å². The first-order valence-electron chi connectivity index (χ1n) is 21.1. The molecule has 4 aromatic heterocycles. The van der Waals surface area contributed by atoms with E-state index in [1.54, 1.807) is 0 Å². The Morgan fingerprint density at radius 1 is 0.254 bits per heavy atom. The lowest BCUT2D eigenvalue weighted by molar-refractivity contribution is 1.07. The number of nitrogens with zero attached hydrogens (tertiary/aromatic N) is 6. The minimum absolute atomic E-state index is 0.609. The van der Waals surface area contributed by atoms with E-state index in [0.717, 1.165) is 94.0 Å². The summed E-state index contributed by atoms with van der Waals surface area (Å²) >= 11 is 0. The van der Waals surface area contributed by atoms with Crippen molar-refractivity contribution in [1.29, 1.82) is 0 Å². The van der Waals surface area contributed by atoms with Gasteiger partial charge in [0.1, 0.15) is 0 Å². The van der Waals surface area contributed by atoms with E-state index < -0.39 is 0 Å². The Morgan fingerprint density at radius 2 is 0.714 bits per heavy atom. The number of benzene rings is 8. The molecule has 0 bridgehead atoms. The zero-order valence-corrected chi connectivity index (χ0v) is 34.0. The Hall–Kier alpha value is -8.61. The Balaban J connectivity index is 1.17. The van der Waals surface area contributed by atoms with E-state index in [4.69, 9.17) is 24.9 Å². The van der Waals surface area contributed by atoms with Crippen LogP contribution in [0, 0.1) is 0 Å². The number of fused-ring (bicyclic) bond motifs is 8. The van der Waals surface area contributed by atoms with Crippen LogP contribution in [0.15, 0.2) is 218 Å². The van der Waals surface area contributed by atoms with Crippen molar-refractivity contribution in [3.63, 3.8) is 0 Å². The predicted octanol–water partition coefficient (Wildman–Crippen LogP) is 14.0. The molecule has 6 nitrogen and oxygen atoms in total. The molecule has 294 valence electrons. The third kappa shape index (κ3) is 6.40. The number of hydrogen-bond donors (Lipinski definition) is 0. The van der Waals surface area contributed by atoms with Gasteiger partial charge in [0.05, 0.1) is 33.5 Å². The van der Waals surface area contributed by atoms with Gasteiger partial charge in [-0.05, 0) is 46.8 Å². The molecule has 63 heavy (non-hydrogen) atoms. The van der Waals surface area contributed by atoms with Crippen LogP contribution in [-0.4, -0.2) is 29.3 Å². The van der Waals surface area contributed by atoms with Crippen LogP contribution in [0.2, 0.25) is 0 Å². The van der Waals surface area contributed by atoms with Gasteiger partial charge < -0.3 is 4.40 Å². The second-order valence-corrected chi connectivity index (χ2v) is 15.7. The summed E-state index contributed by atoms with van der Waals surface area (Å²) in [5.74, 6) is 2.53. The fraction of sp³-hybridized carbons (Fsp3) is 0. The smallest absolute Gasteiger partial charge is 0.164 e. The molecular formula is C57H36N6. The summed E-state index contributed by atoms with van der Waals surface area (Å²) in [7, 11) is 0. The van der Waals surface area contributed by atoms with Crippen LogP contribution in [-0.2, 0) is 0 Å². The quantitative estimate of drug-likeness (QED) is 0.150. The minimum Gasteiger partial charge on any atom is -0.308 e. The molecule has 4 heterocycles. The lowest BCUT2D eigenvalue weighted by Crippen LogP contribution is -2.00. The lowest BCUT2D eigenvalue weighted by atomic mass is 10.00. The van der Waals surface area contributed by atoms with Gasteiger partial charge in [-0.2, -0.15) is 0 Å². The summed E-state index contributed by atoms with van der Waals surface area (Å²) in [6.45, 7) is 0. The van der Waals surface area contributed by atoms with Gasteiger partial charge in [-0.25, -0.2) is 24.9 Å². The number of hydrogen-bond acceptors (Lipinski definition) is 5. The third-order valence-electron chi connectivity index (χ3n) is 11.8. The largest absolute Gasteiger partial charge is 0.308 e. The molecule has 0 unspecified atom stereocenters. The molecule has 0 spiro atoms. The van der Waals surface area contributed by atoms with E-state index in [0.29, 0.717) is 23.3 Å². The van der Waals surface area contributed by atoms with Gasteiger partial charge in [-0.3, -0.25) is 0 Å². The summed E-state index contributed by atoms with van der Waals surface area (Å²) in [4.78, 5) is 26.0. The van der Waals surface area contributed by atoms with Gasteiger partial charge in [0, 0.05) is 44.0 Å². The van der Waals surface area contributed by atoms with Crippen LogP contribution in [0.1, 0.15) is 0 Å². The van der Waals surface area contributed by atoms with Gasteiger partial charge >= 0.3 is 0 Å². The summed E-state index contributed by atoms with van der Waals surface area (Å²) in [6.07, 6.45) is 0. The van der Waals surface area contributed by atoms with Crippen LogP contribution >= 0.6 is 0 Å². The van der Waals surface area contributed by atoms with Gasteiger partial charge in [0.15, 0.2) is 23.3 Å². The number of pyridine rings is 1. The molecule has 0 aliphatic rings. The molecular weight excluding hydrogens is 769 g/mol. The number of rotatable bonds is 7. The molecule has 0 aliphatic heterocycles. The summed E-state index contributed by atoms with van der Waals surface area (Å²) in [6, 6.07) is 75.7. The third-order valence-corrected chi connectivity index (χ3v) is 11.8. The molecule has 12 rings (SSSR count). The fourth-order valence-electron chi connectivity index (χ4n) is 8.85. The molecule has 0 aliphatic carbocycles. The molecule has 0 saturated carbocycles. The van der Waals surface area contributed by atoms with Crippen molar-refractivity contribution in [3.05, 3.63) is 218 Å². The van der Waals surface area contributed by atoms with Crippen molar-refractivity contribution in [3.8, 4) is 79.2 Å². The average Bonchev–Trinajstić information content (AvgIpc) is 3.72. The molecule has 0 radical (unpaired) electrons. The van der Waals surface area contributed by atoms with Crippen molar-refractivity contribution in [2.24, 2.45) is 0 Å². The summed E-state index contributed by atoms with van der Waals surface area (Å²) in [5.41, 5.74) is 13.0. The maximum absolute atomic E-state index is 5.41. The molecule has 12 aromatic rings. The molecule has 0 fully saturated rings. The molecule has 0 amide bonds. The van der Waals surface area contributed by atoms with Crippen LogP contribution in [0.3, 0.4) is 0 Å². The molecule has 6 heteroatoms. The normalized spacial score (nSPS) is 11.5. The second kappa shape index (κ2) is 15.1. The van der Waals surface area contributed by atoms with Gasteiger partial charge in [0.25, 0.3) is 0 Å². The highest BCUT2D eigenvalue weighted by Crippen LogP contribution is 2.44. The predicted molar refractivity (Wildman–Crippen MR) is 257 cm³/mol. The van der Waals surface area contributed by atoms with E-state index in [-0.39, 0.29) is 0 Å². The first-order chi connectivity index (χ1) is 31.2. The highest BCUT2D eigenvalue weighted by molar-refractivity contribution is 6.22. The monoisotopic (exact) mass is 804 g/mol. The zero-order valence-electron chi connectivity index (χ0n) is 34.0. The summed E-state index contributed by atoms with van der Waals surface area (Å²) < 4.78 is 2.41. The average molecular weight is 805 g/mol. The van der Waals surface area contributed by atoms with Crippen LogP contribution < -0.4 is 0 Å². The van der Waals surface area contributed by atoms with E-state index >= 15 is 0 Å². The summed E-state index contributed by atoms with van der Waals surface area (Å²) in [5, 5.41) is 4.35. The van der Waals surface area contributed by atoms with Crippen LogP contribution in [0.25, 0.3) is 117 Å². The SMILES string of the molecule is c1ccc(-c2ccc3c(-c4nc(-c5ccccc5)cc(-c5ccccc5)n4)c4c5ccccc5c5cc(-c6nc(-c7ccccc7)nc(-c7ccccc7)n6)ccc5n4c3c2)cc1. The zero-order chi connectivity index (χ0) is 41.7. The standard InChI is InChI=1S/C57H36N6/c1-6-18-37(19-7-1)42-30-32-46-51(35-42)63-50-33-31-43(56-61-54(40-24-12-4-13-25-40)60-55(62-56)41-26-14-5-15-27-41)34-47(50)44-28-16-17-29-45(44)53(63)52(46)57-58-48(38-20-8-2-9-21-38)36-49(59-57)39-22-10-3-11-23-39/h1-36H. The van der Waals surface area contributed by atoms with Crippen molar-refractivity contribution >= 4 is 38.1 Å². The Labute approximate surface area is 363 Å². The lowest BCUT2D eigenvalue weighted by Gasteiger charge is -2.14. The maximum Gasteiger partial charge on any atom is 0.164 e. The van der Waals surface area contributed by atoms with Gasteiger partial charge in [-0.15, -0.1) is 0 Å². The minimum atomic E-state index is 0.609. The topological polar surface area (TPSA) is 68.9 Å².